The first-order chi connectivity index (χ1) is 21.3. The Hall–Kier alpha value is -0.840. The lowest BCUT2D eigenvalue weighted by Crippen LogP contribution is -2.67. The Morgan fingerprint density at radius 3 is 1.22 bits per heavy atom. The zero-order chi connectivity index (χ0) is 33.3. The van der Waals surface area contributed by atoms with Crippen LogP contribution in [0.3, 0.4) is 0 Å². The van der Waals surface area contributed by atoms with Crippen molar-refractivity contribution in [2.45, 2.75) is 123 Å². The number of aliphatic hydroxyl groups excluding tert-OH is 14. The second-order valence-corrected chi connectivity index (χ2v) is 11.1. The molecule has 4 aliphatic rings. The maximum Gasteiger partial charge on any atom is 0.187 e. The average Bonchev–Trinajstić information content (AvgIpc) is 3.03. The normalized spacial score (nSPS) is 52.9. The van der Waals surface area contributed by atoms with Crippen LogP contribution in [0.1, 0.15) is 0 Å². The number of hydrogen-bond acceptors (Lipinski definition) is 21. The standard InChI is InChI=1S/C24H42O21/c25-1-5-9(29)11(31)15(35)22(40-5)45-20-10(30)6(2-26)41-24(17(20)37)44-19-8(4-28)42-23(16(36)13(19)33)43-18-7(3-27)39-21(38)14(34)12(18)32/h5-38H,1-4H2/t5-,6-,7-,8-,9-,10-,11+,12-,13-,14-,15-,16-,17-,18-,19-,20+,21+,22+,23+,24+/m1/s1. The summed E-state index contributed by atoms with van der Waals surface area (Å²) in [4.78, 5) is 0. The van der Waals surface area contributed by atoms with Crippen LogP contribution in [0.25, 0.3) is 0 Å². The smallest absolute Gasteiger partial charge is 0.187 e. The molecule has 0 radical (unpaired) electrons. The van der Waals surface area contributed by atoms with Gasteiger partial charge in [-0.2, -0.15) is 0 Å². The second-order valence-electron chi connectivity index (χ2n) is 11.1. The molecule has 0 bridgehead atoms. The largest absolute Gasteiger partial charge is 0.394 e. The molecule has 14 N–H and O–H groups in total. The Morgan fingerprint density at radius 2 is 0.711 bits per heavy atom. The van der Waals surface area contributed by atoms with Gasteiger partial charge in [0, 0.05) is 0 Å². The van der Waals surface area contributed by atoms with Crippen LogP contribution in [0.2, 0.25) is 0 Å². The van der Waals surface area contributed by atoms with Gasteiger partial charge in [0.1, 0.15) is 97.7 Å². The van der Waals surface area contributed by atoms with Gasteiger partial charge in [-0.05, 0) is 0 Å². The van der Waals surface area contributed by atoms with Crippen molar-refractivity contribution in [3.8, 4) is 0 Å². The van der Waals surface area contributed by atoms with Crippen LogP contribution < -0.4 is 0 Å². The highest BCUT2D eigenvalue weighted by molar-refractivity contribution is 4.97. The molecule has 45 heavy (non-hydrogen) atoms. The lowest BCUT2D eigenvalue weighted by atomic mass is 9.95. The molecule has 0 aromatic rings. The van der Waals surface area contributed by atoms with Crippen LogP contribution in [0.15, 0.2) is 0 Å². The molecule has 4 fully saturated rings. The van der Waals surface area contributed by atoms with Crippen LogP contribution in [0.4, 0.5) is 0 Å². The van der Waals surface area contributed by atoms with Gasteiger partial charge in [0.15, 0.2) is 25.2 Å². The summed E-state index contributed by atoms with van der Waals surface area (Å²) in [6.45, 7) is -3.41. The van der Waals surface area contributed by atoms with Gasteiger partial charge in [-0.1, -0.05) is 0 Å². The van der Waals surface area contributed by atoms with Gasteiger partial charge in [0.2, 0.25) is 0 Å². The lowest BCUT2D eigenvalue weighted by Gasteiger charge is -2.49. The Balaban J connectivity index is 1.48. The molecule has 0 unspecified atom stereocenters. The Morgan fingerprint density at radius 1 is 0.333 bits per heavy atom. The molecular weight excluding hydrogens is 624 g/mol. The van der Waals surface area contributed by atoms with E-state index in [-0.39, 0.29) is 0 Å². The highest BCUT2D eigenvalue weighted by Crippen LogP contribution is 2.34. The number of aliphatic hydroxyl groups is 14. The molecule has 0 saturated carbocycles. The predicted molar refractivity (Wildman–Crippen MR) is 134 cm³/mol. The molecule has 4 heterocycles. The van der Waals surface area contributed by atoms with Crippen LogP contribution in [-0.2, 0) is 33.2 Å². The summed E-state index contributed by atoms with van der Waals surface area (Å²) in [6, 6.07) is 0. The second kappa shape index (κ2) is 15.6. The molecule has 21 heteroatoms. The van der Waals surface area contributed by atoms with E-state index >= 15 is 0 Å². The van der Waals surface area contributed by atoms with Crippen molar-refractivity contribution in [1.82, 2.24) is 0 Å². The Kier molecular flexibility index (Phi) is 12.8. The van der Waals surface area contributed by atoms with Crippen molar-refractivity contribution in [3.05, 3.63) is 0 Å². The minimum atomic E-state index is -2.02. The highest BCUT2D eigenvalue weighted by Gasteiger charge is 2.55. The van der Waals surface area contributed by atoms with Crippen molar-refractivity contribution in [1.29, 1.82) is 0 Å². The van der Waals surface area contributed by atoms with Gasteiger partial charge < -0.3 is 105 Å². The maximum absolute atomic E-state index is 11.0. The molecule has 21 nitrogen and oxygen atoms in total. The van der Waals surface area contributed by atoms with Crippen molar-refractivity contribution < 1.29 is 105 Å². The molecule has 264 valence electrons. The molecule has 0 aromatic heterocycles. The molecule has 4 saturated heterocycles. The first-order valence-electron chi connectivity index (χ1n) is 14.1. The third kappa shape index (κ3) is 7.44. The van der Waals surface area contributed by atoms with Crippen molar-refractivity contribution in [2.75, 3.05) is 26.4 Å². The molecule has 0 aromatic carbocycles. The third-order valence-electron chi connectivity index (χ3n) is 8.20. The quantitative estimate of drug-likeness (QED) is 0.103. The summed E-state index contributed by atoms with van der Waals surface area (Å²) in [5.74, 6) is 0. The zero-order valence-electron chi connectivity index (χ0n) is 23.5. The topological polar surface area (TPSA) is 348 Å². The van der Waals surface area contributed by atoms with E-state index in [4.69, 9.17) is 33.2 Å². The molecule has 0 aliphatic carbocycles. The fraction of sp³-hybridized carbons (Fsp3) is 1.00. The van der Waals surface area contributed by atoms with E-state index in [0.717, 1.165) is 0 Å². The fourth-order valence-electron chi connectivity index (χ4n) is 5.54. The monoisotopic (exact) mass is 666 g/mol. The van der Waals surface area contributed by atoms with Gasteiger partial charge in [-0.3, -0.25) is 0 Å². The summed E-state index contributed by atoms with van der Waals surface area (Å²) in [6.07, 6.45) is -35.6. The molecule has 0 spiro atoms. The van der Waals surface area contributed by atoms with E-state index in [1.807, 2.05) is 0 Å². The van der Waals surface area contributed by atoms with E-state index in [1.54, 1.807) is 0 Å². The number of ether oxygens (including phenoxy) is 7. The first-order valence-corrected chi connectivity index (χ1v) is 14.1. The van der Waals surface area contributed by atoms with E-state index in [9.17, 15) is 71.5 Å². The molecule has 4 aliphatic heterocycles. The van der Waals surface area contributed by atoms with Crippen LogP contribution in [0.5, 0.6) is 0 Å². The van der Waals surface area contributed by atoms with Crippen LogP contribution in [-0.4, -0.2) is 221 Å². The molecule has 20 atom stereocenters. The van der Waals surface area contributed by atoms with Gasteiger partial charge >= 0.3 is 0 Å². The zero-order valence-corrected chi connectivity index (χ0v) is 23.5. The van der Waals surface area contributed by atoms with Gasteiger partial charge in [-0.25, -0.2) is 0 Å². The summed E-state index contributed by atoms with van der Waals surface area (Å²) in [5, 5.41) is 142. The number of rotatable bonds is 10. The fourth-order valence-corrected chi connectivity index (χ4v) is 5.54. The summed E-state index contributed by atoms with van der Waals surface area (Å²) < 4.78 is 37.7. The summed E-state index contributed by atoms with van der Waals surface area (Å²) in [7, 11) is 0. The third-order valence-corrected chi connectivity index (χ3v) is 8.20. The summed E-state index contributed by atoms with van der Waals surface area (Å²) >= 11 is 0. The van der Waals surface area contributed by atoms with Crippen molar-refractivity contribution in [3.63, 3.8) is 0 Å². The van der Waals surface area contributed by atoms with Gasteiger partial charge in [-0.15, -0.1) is 0 Å². The Labute approximate surface area is 254 Å². The van der Waals surface area contributed by atoms with Crippen molar-refractivity contribution in [2.24, 2.45) is 0 Å². The SMILES string of the molecule is OC[C@H]1O[C@@H](O[C@@H]2[C@@H](O)[C@H](O[C@H]3[C@H](O)[C@@H](O)[C@H](O[C@H]4[C@H](O)[C@@H](O)[C@@H](O)O[C@@H]4CO)O[C@@H]3CO)O[C@H](CO)[C@H]2O)[C@H](O)[C@@H](O)[C@@H]1O. The van der Waals surface area contributed by atoms with E-state index < -0.39 is 149 Å². The number of hydrogen-bond donors (Lipinski definition) is 14. The average molecular weight is 667 g/mol. The van der Waals surface area contributed by atoms with E-state index in [2.05, 4.69) is 0 Å². The highest BCUT2D eigenvalue weighted by atomic mass is 16.8. The van der Waals surface area contributed by atoms with Gasteiger partial charge in [0.25, 0.3) is 0 Å². The molecule has 0 amide bonds. The minimum absolute atomic E-state index is 0.806. The predicted octanol–water partition coefficient (Wildman–Crippen LogP) is -9.75. The van der Waals surface area contributed by atoms with Crippen molar-refractivity contribution >= 4 is 0 Å². The minimum Gasteiger partial charge on any atom is -0.394 e. The Bertz CT molecular complexity index is 912. The maximum atomic E-state index is 11.0. The lowest BCUT2D eigenvalue weighted by molar-refractivity contribution is -0.388. The van der Waals surface area contributed by atoms with E-state index in [0.29, 0.717) is 0 Å². The van der Waals surface area contributed by atoms with Crippen LogP contribution in [0, 0.1) is 0 Å². The van der Waals surface area contributed by atoms with Crippen LogP contribution >= 0.6 is 0 Å². The van der Waals surface area contributed by atoms with E-state index in [1.165, 1.54) is 0 Å². The first kappa shape index (κ1) is 37.0. The molecular formula is C24H42O21. The molecule has 4 rings (SSSR count). The summed E-state index contributed by atoms with van der Waals surface area (Å²) in [5.41, 5.74) is 0. The van der Waals surface area contributed by atoms with Gasteiger partial charge in [0.05, 0.1) is 26.4 Å².